The van der Waals surface area contributed by atoms with Gasteiger partial charge in [0.1, 0.15) is 0 Å². The van der Waals surface area contributed by atoms with Gasteiger partial charge >= 0.3 is 0 Å². The second-order valence-corrected chi connectivity index (χ2v) is 6.02. The van der Waals surface area contributed by atoms with E-state index in [1.54, 1.807) is 0 Å². The van der Waals surface area contributed by atoms with Crippen molar-refractivity contribution in [1.82, 2.24) is 9.62 Å². The smallest absolute Gasteiger partial charge is 0.251 e. The maximum atomic E-state index is 11.8. The molecule has 104 valence electrons. The second kappa shape index (κ2) is 5.81. The third-order valence-electron chi connectivity index (χ3n) is 2.29. The van der Waals surface area contributed by atoms with Crippen molar-refractivity contribution < 1.29 is 23.1 Å². The lowest BCUT2D eigenvalue weighted by atomic mass is 10.2. The number of aliphatic carboxylic acids is 1. The number of nitrogens with one attached hydrogen (secondary N) is 1. The number of hydrogen-bond acceptors (Lipinski definition) is 5. The molecule has 0 aromatic heterocycles. The predicted molar refractivity (Wildman–Crippen MR) is 64.7 cm³/mol. The lowest BCUT2D eigenvalue weighted by molar-refractivity contribution is -0.303. The number of carboxylic acid groups (broad SMARTS) is 1. The fraction of sp³-hybridized carbons (Fsp3) is 0.273. The number of sulfonamides is 1. The number of amides is 1. The van der Waals surface area contributed by atoms with Gasteiger partial charge in [0.05, 0.1) is 17.4 Å². The average molecular weight is 285 g/mol. The highest BCUT2D eigenvalue weighted by Crippen LogP contribution is 2.13. The zero-order valence-electron chi connectivity index (χ0n) is 10.4. The Morgan fingerprint density at radius 1 is 1.21 bits per heavy atom. The number of carbonyl (C=O) groups excluding carboxylic acids is 2. The van der Waals surface area contributed by atoms with Gasteiger partial charge in [-0.1, -0.05) is 0 Å². The molecule has 0 saturated carbocycles. The predicted octanol–water partition coefficient (Wildman–Crippen LogP) is -1.58. The third-order valence-corrected chi connectivity index (χ3v) is 4.12. The Morgan fingerprint density at radius 2 is 1.74 bits per heavy atom. The first kappa shape index (κ1) is 15.1. The van der Waals surface area contributed by atoms with Gasteiger partial charge in [-0.15, -0.1) is 0 Å². The summed E-state index contributed by atoms with van der Waals surface area (Å²) in [7, 11) is -0.750. The highest BCUT2D eigenvalue weighted by molar-refractivity contribution is 7.89. The van der Waals surface area contributed by atoms with E-state index in [2.05, 4.69) is 5.32 Å². The summed E-state index contributed by atoms with van der Waals surface area (Å²) in [6.07, 6.45) is 0. The van der Waals surface area contributed by atoms with Crippen molar-refractivity contribution in [2.75, 3.05) is 20.6 Å². The van der Waals surface area contributed by atoms with E-state index in [4.69, 9.17) is 0 Å². The van der Waals surface area contributed by atoms with E-state index in [0.29, 0.717) is 0 Å². The van der Waals surface area contributed by atoms with Crippen LogP contribution in [0, 0.1) is 0 Å². The second-order valence-electron chi connectivity index (χ2n) is 3.87. The van der Waals surface area contributed by atoms with Crippen LogP contribution in [0.1, 0.15) is 10.4 Å². The summed E-state index contributed by atoms with van der Waals surface area (Å²) in [6, 6.07) is 5.18. The Labute approximate surface area is 110 Å². The molecule has 0 atom stereocenters. The zero-order chi connectivity index (χ0) is 14.6. The SMILES string of the molecule is CN(C)S(=O)(=O)c1ccc(C(=O)NCC(=O)[O-])cc1. The third kappa shape index (κ3) is 3.76. The van der Waals surface area contributed by atoms with Gasteiger partial charge < -0.3 is 15.2 Å². The van der Waals surface area contributed by atoms with E-state index >= 15 is 0 Å². The molecule has 1 amide bonds. The highest BCUT2D eigenvalue weighted by Gasteiger charge is 2.17. The summed E-state index contributed by atoms with van der Waals surface area (Å²) in [6.45, 7) is -0.601. The van der Waals surface area contributed by atoms with Gasteiger partial charge in [0.15, 0.2) is 0 Å². The first-order valence-electron chi connectivity index (χ1n) is 5.26. The highest BCUT2D eigenvalue weighted by atomic mass is 32.2. The molecule has 0 bridgehead atoms. The summed E-state index contributed by atoms with van der Waals surface area (Å²) in [4.78, 5) is 21.7. The molecule has 0 aliphatic carbocycles. The fourth-order valence-corrected chi connectivity index (χ4v) is 2.15. The lowest BCUT2D eigenvalue weighted by Crippen LogP contribution is -2.37. The van der Waals surface area contributed by atoms with Crippen LogP contribution in [0.5, 0.6) is 0 Å². The van der Waals surface area contributed by atoms with Crippen molar-refractivity contribution in [3.8, 4) is 0 Å². The lowest BCUT2D eigenvalue weighted by Gasteiger charge is -2.11. The minimum absolute atomic E-state index is 0.0500. The van der Waals surface area contributed by atoms with Crippen molar-refractivity contribution >= 4 is 21.9 Å². The Morgan fingerprint density at radius 3 is 2.16 bits per heavy atom. The molecule has 0 radical (unpaired) electrons. The molecular weight excluding hydrogens is 272 g/mol. The maximum Gasteiger partial charge on any atom is 0.251 e. The van der Waals surface area contributed by atoms with Gasteiger partial charge in [-0.05, 0) is 24.3 Å². The van der Waals surface area contributed by atoms with Gasteiger partial charge in [0.2, 0.25) is 10.0 Å². The van der Waals surface area contributed by atoms with Crippen molar-refractivity contribution in [1.29, 1.82) is 0 Å². The number of carboxylic acids is 1. The molecule has 8 heteroatoms. The molecule has 0 fully saturated rings. The fourth-order valence-electron chi connectivity index (χ4n) is 1.24. The largest absolute Gasteiger partial charge is 0.548 e. The van der Waals surface area contributed by atoms with Crippen LogP contribution < -0.4 is 10.4 Å². The van der Waals surface area contributed by atoms with Gasteiger partial charge in [0.25, 0.3) is 5.91 Å². The van der Waals surface area contributed by atoms with Crippen LogP contribution in [0.15, 0.2) is 29.2 Å². The summed E-state index contributed by atoms with van der Waals surface area (Å²) in [5.74, 6) is -2.02. The summed E-state index contributed by atoms with van der Waals surface area (Å²) < 4.78 is 24.6. The van der Waals surface area contributed by atoms with Crippen LogP contribution in [-0.2, 0) is 14.8 Å². The summed E-state index contributed by atoms with van der Waals surface area (Å²) in [5, 5.41) is 12.3. The van der Waals surface area contributed by atoms with Gasteiger partial charge in [-0.25, -0.2) is 12.7 Å². The molecule has 7 nitrogen and oxygen atoms in total. The first-order chi connectivity index (χ1) is 8.75. The molecule has 1 aromatic carbocycles. The zero-order valence-corrected chi connectivity index (χ0v) is 11.2. The Hall–Kier alpha value is -1.93. The molecule has 0 unspecified atom stereocenters. The van der Waals surface area contributed by atoms with Crippen molar-refractivity contribution in [3.63, 3.8) is 0 Å². The quantitative estimate of drug-likeness (QED) is 0.702. The van der Waals surface area contributed by atoms with E-state index in [-0.39, 0.29) is 10.5 Å². The van der Waals surface area contributed by atoms with Crippen LogP contribution in [-0.4, -0.2) is 45.2 Å². The summed E-state index contributed by atoms with van der Waals surface area (Å²) in [5.41, 5.74) is 0.166. The number of rotatable bonds is 5. The normalized spacial score (nSPS) is 11.3. The molecule has 1 rings (SSSR count). The first-order valence-corrected chi connectivity index (χ1v) is 6.70. The molecule has 0 spiro atoms. The van der Waals surface area contributed by atoms with E-state index in [0.717, 1.165) is 4.31 Å². The topological polar surface area (TPSA) is 107 Å². The van der Waals surface area contributed by atoms with E-state index in [9.17, 15) is 23.1 Å². The Kier molecular flexibility index (Phi) is 4.62. The van der Waals surface area contributed by atoms with E-state index in [1.807, 2.05) is 0 Å². The molecule has 0 saturated heterocycles. The summed E-state index contributed by atoms with van der Waals surface area (Å²) >= 11 is 0. The molecule has 1 aromatic rings. The number of nitrogens with zero attached hydrogens (tertiary/aromatic N) is 1. The van der Waals surface area contributed by atoms with Crippen LogP contribution >= 0.6 is 0 Å². The molecule has 0 aliphatic rings. The molecule has 19 heavy (non-hydrogen) atoms. The van der Waals surface area contributed by atoms with E-state index < -0.39 is 28.4 Å². The van der Waals surface area contributed by atoms with E-state index in [1.165, 1.54) is 38.4 Å². The minimum atomic E-state index is -3.55. The standard InChI is InChI=1S/C11H14N2O5S/c1-13(2)19(17,18)9-5-3-8(4-6-9)11(16)12-7-10(14)15/h3-6H,7H2,1-2H3,(H,12,16)(H,14,15)/p-1. The molecule has 0 aliphatic heterocycles. The Bertz CT molecular complexity index is 578. The number of carbonyl (C=O) groups is 2. The van der Waals surface area contributed by atoms with Gasteiger partial charge in [-0.3, -0.25) is 4.79 Å². The van der Waals surface area contributed by atoms with Gasteiger partial charge in [-0.2, -0.15) is 0 Å². The van der Waals surface area contributed by atoms with Crippen molar-refractivity contribution in [2.45, 2.75) is 4.90 Å². The maximum absolute atomic E-state index is 11.8. The minimum Gasteiger partial charge on any atom is -0.548 e. The van der Waals surface area contributed by atoms with Crippen LogP contribution in [0.4, 0.5) is 0 Å². The van der Waals surface area contributed by atoms with Crippen LogP contribution in [0.2, 0.25) is 0 Å². The average Bonchev–Trinajstić information content (AvgIpc) is 2.35. The molecular formula is C11H13N2O5S-. The van der Waals surface area contributed by atoms with Gasteiger partial charge in [0, 0.05) is 19.7 Å². The monoisotopic (exact) mass is 285 g/mol. The molecule has 1 N–H and O–H groups in total. The Balaban J connectivity index is 2.88. The molecule has 0 heterocycles. The van der Waals surface area contributed by atoms with Crippen LogP contribution in [0.3, 0.4) is 0 Å². The van der Waals surface area contributed by atoms with Crippen molar-refractivity contribution in [2.24, 2.45) is 0 Å². The number of hydrogen-bond donors (Lipinski definition) is 1. The van der Waals surface area contributed by atoms with Crippen molar-refractivity contribution in [3.05, 3.63) is 29.8 Å². The van der Waals surface area contributed by atoms with Crippen LogP contribution in [0.25, 0.3) is 0 Å². The number of benzene rings is 1.